The number of rotatable bonds is 8. The molecule has 5 nitrogen and oxygen atoms in total. The van der Waals surface area contributed by atoms with E-state index in [9.17, 15) is 18.7 Å². The molecule has 0 saturated carbocycles. The monoisotopic (exact) mass is 404 g/mol. The van der Waals surface area contributed by atoms with Crippen molar-refractivity contribution in [2.75, 3.05) is 6.61 Å². The number of aromatic nitrogens is 1. The highest BCUT2D eigenvalue weighted by Gasteiger charge is 2.17. The molecule has 1 aromatic heterocycles. The Kier molecular flexibility index (Phi) is 6.20. The van der Waals surface area contributed by atoms with Crippen LogP contribution in [0.25, 0.3) is 21.9 Å². The fraction of sp³-hybridized carbons (Fsp3) is 0.200. The van der Waals surface area contributed by atoms with Gasteiger partial charge in [0.25, 0.3) is 0 Å². The maximum Gasteiger partial charge on any atom is 0.387 e. The molecule has 0 aliphatic heterocycles. The topological polar surface area (TPSA) is 71.5 Å². The van der Waals surface area contributed by atoms with Crippen LogP contribution in [0.3, 0.4) is 0 Å². The van der Waals surface area contributed by atoms with E-state index < -0.39 is 19.0 Å². The molecule has 0 spiro atoms. The Balaban J connectivity index is 2.12. The largest absolute Gasteiger partial charge is 0.550 e. The molecule has 0 unspecified atom stereocenters. The first-order chi connectivity index (χ1) is 13.5. The molecule has 0 radical (unpaired) electrons. The number of carbonyl (C=O) groups excluding carboxylic acids is 1. The molecule has 0 aliphatic rings. The Morgan fingerprint density at radius 3 is 2.71 bits per heavy atom. The number of ether oxygens (including phenoxy) is 2. The van der Waals surface area contributed by atoms with Gasteiger partial charge < -0.3 is 19.4 Å². The molecule has 0 saturated heterocycles. The summed E-state index contributed by atoms with van der Waals surface area (Å²) in [5.74, 6) is -1.31. The minimum absolute atomic E-state index is 0.147. The minimum Gasteiger partial charge on any atom is -0.550 e. The van der Waals surface area contributed by atoms with Gasteiger partial charge in [0.15, 0.2) is 11.5 Å². The van der Waals surface area contributed by atoms with E-state index in [0.29, 0.717) is 10.6 Å². The minimum atomic E-state index is -3.05. The molecular weight excluding hydrogens is 388 g/mol. The smallest absolute Gasteiger partial charge is 0.387 e. The van der Waals surface area contributed by atoms with Crippen LogP contribution in [0.5, 0.6) is 11.5 Å². The van der Waals surface area contributed by atoms with Gasteiger partial charge in [-0.05, 0) is 36.8 Å². The number of fused-ring (bicyclic) bond motifs is 1. The van der Waals surface area contributed by atoms with Gasteiger partial charge in [0.2, 0.25) is 0 Å². The molecule has 0 N–H and O–H groups in total. The van der Waals surface area contributed by atoms with Crippen molar-refractivity contribution in [1.82, 2.24) is 4.98 Å². The predicted molar refractivity (Wildman–Crippen MR) is 101 cm³/mol. The predicted octanol–water partition coefficient (Wildman–Crippen LogP) is 3.98. The molecule has 0 amide bonds. The van der Waals surface area contributed by atoms with Crippen LogP contribution in [0.1, 0.15) is 23.9 Å². The van der Waals surface area contributed by atoms with Crippen molar-refractivity contribution >= 4 is 39.2 Å². The second-order valence-corrected chi connectivity index (χ2v) is 6.72. The zero-order chi connectivity index (χ0) is 20.1. The molecule has 0 atom stereocenters. The second-order valence-electron chi connectivity index (χ2n) is 5.69. The van der Waals surface area contributed by atoms with Crippen molar-refractivity contribution in [3.63, 3.8) is 0 Å². The van der Waals surface area contributed by atoms with Crippen molar-refractivity contribution in [1.29, 1.82) is 0 Å². The van der Waals surface area contributed by atoms with Crippen LogP contribution < -0.4 is 14.6 Å². The van der Waals surface area contributed by atoms with Crippen molar-refractivity contribution in [3.8, 4) is 11.5 Å². The first-order valence-corrected chi connectivity index (χ1v) is 9.26. The van der Waals surface area contributed by atoms with Crippen molar-refractivity contribution in [2.45, 2.75) is 20.0 Å². The van der Waals surface area contributed by atoms with Crippen LogP contribution in [0.4, 0.5) is 8.78 Å². The fourth-order valence-corrected chi connectivity index (χ4v) is 3.65. The molecular formula is C20H16F2NO4S-. The molecule has 0 bridgehead atoms. The van der Waals surface area contributed by atoms with Crippen LogP contribution in [0.15, 0.2) is 42.5 Å². The summed E-state index contributed by atoms with van der Waals surface area (Å²) >= 11 is 1.31. The van der Waals surface area contributed by atoms with Gasteiger partial charge in [-0.15, -0.1) is 11.3 Å². The standard InChI is InChI=1S/C20H17F2NO4S/c1-2-26-15-8-5-6-12(18(15)27-20(21)22)10-13(11-17(24)25)19-23-14-7-3-4-9-16(14)28-19/h3-10,20H,2,11H2,1H3,(H,24,25)/p-1/b13-10+. The Bertz CT molecular complexity index is 983. The van der Waals surface area contributed by atoms with Gasteiger partial charge in [-0.25, -0.2) is 4.98 Å². The van der Waals surface area contributed by atoms with E-state index in [1.807, 2.05) is 24.3 Å². The van der Waals surface area contributed by atoms with Gasteiger partial charge in [-0.3, -0.25) is 0 Å². The van der Waals surface area contributed by atoms with Gasteiger partial charge >= 0.3 is 6.61 Å². The quantitative estimate of drug-likeness (QED) is 0.568. The zero-order valence-electron chi connectivity index (χ0n) is 14.9. The highest BCUT2D eigenvalue weighted by molar-refractivity contribution is 7.19. The summed E-state index contributed by atoms with van der Waals surface area (Å²) in [5, 5.41) is 11.7. The third-order valence-electron chi connectivity index (χ3n) is 3.75. The maximum atomic E-state index is 12.9. The van der Waals surface area contributed by atoms with E-state index in [0.717, 1.165) is 10.2 Å². The third kappa shape index (κ3) is 4.64. The average molecular weight is 404 g/mol. The van der Waals surface area contributed by atoms with E-state index in [2.05, 4.69) is 9.72 Å². The van der Waals surface area contributed by atoms with Gasteiger partial charge in [0, 0.05) is 18.0 Å². The van der Waals surface area contributed by atoms with Gasteiger partial charge in [-0.1, -0.05) is 24.3 Å². The molecule has 0 aliphatic carbocycles. The number of hydrogen-bond donors (Lipinski definition) is 0. The first kappa shape index (κ1) is 19.8. The molecule has 0 fully saturated rings. The third-order valence-corrected chi connectivity index (χ3v) is 4.86. The zero-order valence-corrected chi connectivity index (χ0v) is 15.7. The number of carboxylic acids is 1. The Morgan fingerprint density at radius 2 is 2.04 bits per heavy atom. The second kappa shape index (κ2) is 8.79. The van der Waals surface area contributed by atoms with Gasteiger partial charge in [0.05, 0.1) is 16.8 Å². The molecule has 3 rings (SSSR count). The molecule has 1 heterocycles. The lowest BCUT2D eigenvalue weighted by Gasteiger charge is -2.14. The number of thiazole rings is 1. The summed E-state index contributed by atoms with van der Waals surface area (Å²) < 4.78 is 36.7. The maximum absolute atomic E-state index is 12.9. The summed E-state index contributed by atoms with van der Waals surface area (Å²) in [6.45, 7) is -1.07. The lowest BCUT2D eigenvalue weighted by atomic mass is 10.1. The normalized spacial score (nSPS) is 11.8. The lowest BCUT2D eigenvalue weighted by molar-refractivity contribution is -0.304. The van der Waals surface area contributed by atoms with Crippen molar-refractivity contribution < 1.29 is 28.2 Å². The van der Waals surface area contributed by atoms with Crippen LogP contribution in [0.2, 0.25) is 0 Å². The van der Waals surface area contributed by atoms with Crippen LogP contribution in [0, 0.1) is 0 Å². The van der Waals surface area contributed by atoms with Gasteiger partial charge in [-0.2, -0.15) is 8.78 Å². The molecule has 8 heteroatoms. The van der Waals surface area contributed by atoms with Crippen molar-refractivity contribution in [3.05, 3.63) is 53.0 Å². The van der Waals surface area contributed by atoms with E-state index in [4.69, 9.17) is 4.74 Å². The molecule has 2 aromatic carbocycles. The number of carbonyl (C=O) groups is 1. The number of para-hydroxylation sites is 2. The summed E-state index contributed by atoms with van der Waals surface area (Å²) in [6.07, 6.45) is 1.04. The average Bonchev–Trinajstić information content (AvgIpc) is 3.07. The summed E-state index contributed by atoms with van der Waals surface area (Å²) in [5.41, 5.74) is 1.31. The van der Waals surface area contributed by atoms with E-state index in [1.165, 1.54) is 23.5 Å². The number of alkyl halides is 2. The molecule has 28 heavy (non-hydrogen) atoms. The number of nitrogens with zero attached hydrogens (tertiary/aromatic N) is 1. The van der Waals surface area contributed by atoms with Crippen molar-refractivity contribution in [2.24, 2.45) is 0 Å². The molecule has 146 valence electrons. The van der Waals surface area contributed by atoms with E-state index in [1.54, 1.807) is 19.1 Å². The van der Waals surface area contributed by atoms with E-state index in [-0.39, 0.29) is 23.7 Å². The Hall–Kier alpha value is -3.00. The number of benzene rings is 2. The number of aliphatic carboxylic acids is 1. The summed E-state index contributed by atoms with van der Waals surface area (Å²) in [6, 6.07) is 12.0. The summed E-state index contributed by atoms with van der Waals surface area (Å²) in [7, 11) is 0. The SMILES string of the molecule is CCOc1cccc(/C=C(\CC(=O)[O-])c2nc3ccccc3s2)c1OC(F)F. The number of carboxylic acid groups (broad SMARTS) is 1. The Labute approximate surface area is 163 Å². The Morgan fingerprint density at radius 1 is 1.25 bits per heavy atom. The highest BCUT2D eigenvalue weighted by Crippen LogP contribution is 2.37. The summed E-state index contributed by atoms with van der Waals surface area (Å²) in [4.78, 5) is 15.7. The number of halogens is 2. The van der Waals surface area contributed by atoms with Crippen LogP contribution in [-0.2, 0) is 4.79 Å². The van der Waals surface area contributed by atoms with Crippen LogP contribution >= 0.6 is 11.3 Å². The van der Waals surface area contributed by atoms with Crippen LogP contribution in [-0.4, -0.2) is 24.2 Å². The lowest BCUT2D eigenvalue weighted by Crippen LogP contribution is -2.22. The highest BCUT2D eigenvalue weighted by atomic mass is 32.1. The van der Waals surface area contributed by atoms with E-state index >= 15 is 0 Å². The fourth-order valence-electron chi connectivity index (χ4n) is 2.67. The van der Waals surface area contributed by atoms with Gasteiger partial charge in [0.1, 0.15) is 5.01 Å². The molecule has 3 aromatic rings. The first-order valence-electron chi connectivity index (χ1n) is 8.45. The number of hydrogen-bond acceptors (Lipinski definition) is 6.